The van der Waals surface area contributed by atoms with Gasteiger partial charge in [-0.05, 0) is 44.8 Å². The van der Waals surface area contributed by atoms with E-state index in [1.54, 1.807) is 0 Å². The molecule has 1 saturated carbocycles. The molecule has 0 aromatic heterocycles. The van der Waals surface area contributed by atoms with E-state index in [-0.39, 0.29) is 0 Å². The van der Waals surface area contributed by atoms with Crippen molar-refractivity contribution in [2.75, 3.05) is 13.6 Å². The minimum absolute atomic E-state index is 0.443. The van der Waals surface area contributed by atoms with Crippen molar-refractivity contribution in [1.29, 1.82) is 0 Å². The molecule has 1 aliphatic carbocycles. The molecule has 0 radical (unpaired) electrons. The zero-order chi connectivity index (χ0) is 14.4. The van der Waals surface area contributed by atoms with Gasteiger partial charge in [0.25, 0.3) is 0 Å². The van der Waals surface area contributed by atoms with Crippen molar-refractivity contribution in [1.82, 2.24) is 10.2 Å². The SMILES string of the molecule is CCCCN(C1CC1)C(CC)C(NC)c1ccccc1. The van der Waals surface area contributed by atoms with Crippen molar-refractivity contribution in [3.63, 3.8) is 0 Å². The predicted molar refractivity (Wildman–Crippen MR) is 87.0 cm³/mol. The summed E-state index contributed by atoms with van der Waals surface area (Å²) in [6.07, 6.45) is 6.60. The average Bonchev–Trinajstić information content (AvgIpc) is 3.32. The van der Waals surface area contributed by atoms with Gasteiger partial charge in [-0.2, -0.15) is 0 Å². The van der Waals surface area contributed by atoms with E-state index in [0.29, 0.717) is 12.1 Å². The van der Waals surface area contributed by atoms with Crippen molar-refractivity contribution in [2.24, 2.45) is 0 Å². The molecule has 1 N–H and O–H groups in total. The van der Waals surface area contributed by atoms with Gasteiger partial charge < -0.3 is 5.32 Å². The molecule has 2 unspecified atom stereocenters. The number of hydrogen-bond donors (Lipinski definition) is 1. The van der Waals surface area contributed by atoms with Gasteiger partial charge in [-0.15, -0.1) is 0 Å². The molecule has 0 saturated heterocycles. The molecule has 0 bridgehead atoms. The Balaban J connectivity index is 2.14. The van der Waals surface area contributed by atoms with Gasteiger partial charge in [-0.1, -0.05) is 50.6 Å². The molecule has 20 heavy (non-hydrogen) atoms. The van der Waals surface area contributed by atoms with Crippen LogP contribution in [0, 0.1) is 0 Å². The second kappa shape index (κ2) is 7.80. The lowest BCUT2D eigenvalue weighted by Gasteiger charge is -2.37. The lowest BCUT2D eigenvalue weighted by Crippen LogP contribution is -2.45. The quantitative estimate of drug-likeness (QED) is 0.732. The fraction of sp³-hybridized carbons (Fsp3) is 0.667. The molecule has 2 rings (SSSR count). The average molecular weight is 274 g/mol. The Kier molecular flexibility index (Phi) is 6.06. The van der Waals surface area contributed by atoms with Crippen molar-refractivity contribution >= 4 is 0 Å². The molecule has 0 spiro atoms. The van der Waals surface area contributed by atoms with Crippen LogP contribution < -0.4 is 5.32 Å². The predicted octanol–water partition coefficient (Wildman–Crippen LogP) is 3.99. The summed E-state index contributed by atoms with van der Waals surface area (Å²) in [5.41, 5.74) is 1.42. The van der Waals surface area contributed by atoms with Crippen LogP contribution in [0.2, 0.25) is 0 Å². The third-order valence-corrected chi connectivity index (χ3v) is 4.48. The van der Waals surface area contributed by atoms with Gasteiger partial charge in [0.15, 0.2) is 0 Å². The zero-order valence-corrected chi connectivity index (χ0v) is 13.3. The van der Waals surface area contributed by atoms with E-state index in [1.807, 2.05) is 0 Å². The molecular formula is C18H30N2. The second-order valence-electron chi connectivity index (χ2n) is 5.98. The number of benzene rings is 1. The van der Waals surface area contributed by atoms with Crippen LogP contribution in [-0.2, 0) is 0 Å². The minimum Gasteiger partial charge on any atom is -0.312 e. The first-order valence-electron chi connectivity index (χ1n) is 8.29. The Labute approximate surface area is 124 Å². The third kappa shape index (κ3) is 3.83. The topological polar surface area (TPSA) is 15.3 Å². The van der Waals surface area contributed by atoms with Gasteiger partial charge in [0.05, 0.1) is 0 Å². The molecule has 0 aliphatic heterocycles. The summed E-state index contributed by atoms with van der Waals surface area (Å²) in [4.78, 5) is 2.78. The Bertz CT molecular complexity index is 372. The minimum atomic E-state index is 0.443. The highest BCUT2D eigenvalue weighted by Crippen LogP contribution is 2.34. The standard InChI is InChI=1S/C18H30N2/c1-4-6-14-20(16-12-13-16)17(5-2)18(19-3)15-10-8-7-9-11-15/h7-11,16-19H,4-6,12-14H2,1-3H3. The molecule has 1 fully saturated rings. The van der Waals surface area contributed by atoms with E-state index in [4.69, 9.17) is 0 Å². The van der Waals surface area contributed by atoms with Gasteiger partial charge in [-0.25, -0.2) is 0 Å². The summed E-state index contributed by atoms with van der Waals surface area (Å²) in [7, 11) is 2.10. The highest BCUT2D eigenvalue weighted by molar-refractivity contribution is 5.21. The normalized spacial score (nSPS) is 18.2. The fourth-order valence-corrected chi connectivity index (χ4v) is 3.27. The number of likely N-dealkylation sites (N-methyl/N-ethyl adjacent to an activating group) is 1. The van der Waals surface area contributed by atoms with Crippen molar-refractivity contribution in [2.45, 2.75) is 64.1 Å². The van der Waals surface area contributed by atoms with Crippen LogP contribution >= 0.6 is 0 Å². The van der Waals surface area contributed by atoms with Crippen LogP contribution in [0.1, 0.15) is 57.6 Å². The van der Waals surface area contributed by atoms with E-state index in [9.17, 15) is 0 Å². The molecule has 2 atom stereocenters. The van der Waals surface area contributed by atoms with Crippen LogP contribution in [0.5, 0.6) is 0 Å². The Hall–Kier alpha value is -0.860. The molecule has 2 nitrogen and oxygen atoms in total. The summed E-state index contributed by atoms with van der Waals surface area (Å²) < 4.78 is 0. The smallest absolute Gasteiger partial charge is 0.0475 e. The molecule has 112 valence electrons. The van der Waals surface area contributed by atoms with Crippen molar-refractivity contribution < 1.29 is 0 Å². The maximum absolute atomic E-state index is 3.57. The summed E-state index contributed by atoms with van der Waals surface area (Å²) in [5.74, 6) is 0. The lowest BCUT2D eigenvalue weighted by atomic mass is 9.95. The summed E-state index contributed by atoms with van der Waals surface area (Å²) >= 11 is 0. The number of hydrogen-bond acceptors (Lipinski definition) is 2. The largest absolute Gasteiger partial charge is 0.312 e. The molecule has 0 amide bonds. The summed E-state index contributed by atoms with van der Waals surface area (Å²) in [5, 5.41) is 3.57. The first kappa shape index (κ1) is 15.5. The van der Waals surface area contributed by atoms with Gasteiger partial charge in [-0.3, -0.25) is 4.90 Å². The lowest BCUT2D eigenvalue weighted by molar-refractivity contribution is 0.143. The van der Waals surface area contributed by atoms with E-state index in [1.165, 1.54) is 44.2 Å². The number of nitrogens with one attached hydrogen (secondary N) is 1. The van der Waals surface area contributed by atoms with Gasteiger partial charge in [0.1, 0.15) is 0 Å². The molecule has 0 heterocycles. The van der Waals surface area contributed by atoms with Gasteiger partial charge in [0, 0.05) is 18.1 Å². The summed E-state index contributed by atoms with van der Waals surface area (Å²) in [6, 6.07) is 12.8. The van der Waals surface area contributed by atoms with E-state index in [0.717, 1.165) is 6.04 Å². The van der Waals surface area contributed by atoms with E-state index in [2.05, 4.69) is 61.4 Å². The Morgan fingerprint density at radius 2 is 1.90 bits per heavy atom. The van der Waals surface area contributed by atoms with Crippen LogP contribution in [0.3, 0.4) is 0 Å². The van der Waals surface area contributed by atoms with Crippen LogP contribution in [0.4, 0.5) is 0 Å². The maximum Gasteiger partial charge on any atom is 0.0475 e. The van der Waals surface area contributed by atoms with E-state index < -0.39 is 0 Å². The van der Waals surface area contributed by atoms with E-state index >= 15 is 0 Å². The molecule has 2 heteroatoms. The first-order valence-corrected chi connectivity index (χ1v) is 8.29. The van der Waals surface area contributed by atoms with Crippen LogP contribution in [-0.4, -0.2) is 30.6 Å². The number of rotatable bonds is 9. The molecule has 1 aromatic rings. The zero-order valence-electron chi connectivity index (χ0n) is 13.3. The van der Waals surface area contributed by atoms with Crippen LogP contribution in [0.25, 0.3) is 0 Å². The van der Waals surface area contributed by atoms with Gasteiger partial charge in [0.2, 0.25) is 0 Å². The maximum atomic E-state index is 3.57. The highest BCUT2D eigenvalue weighted by Gasteiger charge is 2.36. The van der Waals surface area contributed by atoms with Gasteiger partial charge >= 0.3 is 0 Å². The molecule has 1 aliphatic rings. The van der Waals surface area contributed by atoms with Crippen molar-refractivity contribution in [3.05, 3.63) is 35.9 Å². The number of unbranched alkanes of at least 4 members (excludes halogenated alkanes) is 1. The first-order chi connectivity index (χ1) is 9.81. The Morgan fingerprint density at radius 3 is 2.40 bits per heavy atom. The summed E-state index contributed by atoms with van der Waals surface area (Å²) in [6.45, 7) is 5.88. The third-order valence-electron chi connectivity index (χ3n) is 4.48. The Morgan fingerprint density at radius 1 is 1.20 bits per heavy atom. The monoisotopic (exact) mass is 274 g/mol. The van der Waals surface area contributed by atoms with Crippen molar-refractivity contribution in [3.8, 4) is 0 Å². The molecular weight excluding hydrogens is 244 g/mol. The van der Waals surface area contributed by atoms with Crippen LogP contribution in [0.15, 0.2) is 30.3 Å². The fourth-order valence-electron chi connectivity index (χ4n) is 3.27. The highest BCUT2D eigenvalue weighted by atomic mass is 15.2. The molecule has 1 aromatic carbocycles. The second-order valence-corrected chi connectivity index (χ2v) is 5.98. The number of nitrogens with zero attached hydrogens (tertiary/aromatic N) is 1.